The molecule has 0 saturated carbocycles. The van der Waals surface area contributed by atoms with Gasteiger partial charge in [0.25, 0.3) is 0 Å². The Kier molecular flexibility index (Phi) is 5.14. The number of hydrogen-bond acceptors (Lipinski definition) is 6. The van der Waals surface area contributed by atoms with Crippen LogP contribution in [-0.2, 0) is 11.3 Å². The summed E-state index contributed by atoms with van der Waals surface area (Å²) in [5.41, 5.74) is 0.530. The molecule has 0 fully saturated rings. The molecule has 3 rings (SSSR count). The van der Waals surface area contributed by atoms with Crippen molar-refractivity contribution in [2.75, 3.05) is 14.2 Å². The van der Waals surface area contributed by atoms with Gasteiger partial charge in [-0.15, -0.1) is 0 Å². The Morgan fingerprint density at radius 1 is 1.08 bits per heavy atom. The van der Waals surface area contributed by atoms with Gasteiger partial charge in [0, 0.05) is 28.1 Å². The molecule has 0 N–H and O–H groups in total. The minimum Gasteiger partial charge on any atom is -0.497 e. The first-order valence-electron chi connectivity index (χ1n) is 7.63. The molecule has 0 bridgehead atoms. The molecule has 0 atom stereocenters. The van der Waals surface area contributed by atoms with E-state index in [1.807, 2.05) is 0 Å². The predicted molar refractivity (Wildman–Crippen MR) is 96.2 cm³/mol. The smallest absolute Gasteiger partial charge is 0.342 e. The number of rotatable bonds is 5. The summed E-state index contributed by atoms with van der Waals surface area (Å²) in [6, 6.07) is 11.0. The number of ether oxygens (including phenoxy) is 3. The van der Waals surface area contributed by atoms with Crippen LogP contribution in [0.25, 0.3) is 11.0 Å². The number of halogens is 1. The summed E-state index contributed by atoms with van der Waals surface area (Å²) >= 11 is 5.93. The van der Waals surface area contributed by atoms with Crippen LogP contribution in [0.15, 0.2) is 51.7 Å². The SMILES string of the molecule is COc1ccc2c(COC(=O)c3cc(Cl)ccc3OC)cc(=O)oc2c1. The molecule has 1 aromatic heterocycles. The average molecular weight is 375 g/mol. The van der Waals surface area contributed by atoms with Crippen LogP contribution in [0, 0.1) is 0 Å². The number of methoxy groups -OCH3 is 2. The van der Waals surface area contributed by atoms with E-state index in [4.69, 9.17) is 30.2 Å². The molecule has 0 unspecified atom stereocenters. The fourth-order valence-corrected chi connectivity index (χ4v) is 2.69. The van der Waals surface area contributed by atoms with Crippen LogP contribution in [-0.4, -0.2) is 20.2 Å². The topological polar surface area (TPSA) is 75.0 Å². The fourth-order valence-electron chi connectivity index (χ4n) is 2.52. The van der Waals surface area contributed by atoms with E-state index in [9.17, 15) is 9.59 Å². The number of benzene rings is 2. The lowest BCUT2D eigenvalue weighted by atomic mass is 10.1. The molecule has 0 aliphatic carbocycles. The number of fused-ring (bicyclic) bond motifs is 1. The fraction of sp³-hybridized carbons (Fsp3) is 0.158. The molecule has 134 valence electrons. The van der Waals surface area contributed by atoms with E-state index >= 15 is 0 Å². The lowest BCUT2D eigenvalue weighted by molar-refractivity contribution is 0.0470. The van der Waals surface area contributed by atoms with Crippen LogP contribution in [0.3, 0.4) is 0 Å². The third-order valence-electron chi connectivity index (χ3n) is 3.78. The van der Waals surface area contributed by atoms with Crippen molar-refractivity contribution in [2.45, 2.75) is 6.61 Å². The Balaban J connectivity index is 1.89. The minimum atomic E-state index is -0.612. The largest absolute Gasteiger partial charge is 0.497 e. The maximum atomic E-state index is 12.4. The summed E-state index contributed by atoms with van der Waals surface area (Å²) in [5, 5.41) is 1.03. The van der Waals surface area contributed by atoms with Crippen molar-refractivity contribution in [2.24, 2.45) is 0 Å². The highest BCUT2D eigenvalue weighted by Crippen LogP contribution is 2.25. The van der Waals surface area contributed by atoms with Crippen molar-refractivity contribution in [3.8, 4) is 11.5 Å². The molecule has 0 aliphatic rings. The minimum absolute atomic E-state index is 0.108. The van der Waals surface area contributed by atoms with Crippen LogP contribution in [0.4, 0.5) is 0 Å². The number of carbonyl (C=O) groups is 1. The molecule has 3 aromatic rings. The predicted octanol–water partition coefficient (Wildman–Crippen LogP) is 3.82. The van der Waals surface area contributed by atoms with Crippen LogP contribution in [0.2, 0.25) is 5.02 Å². The molecule has 26 heavy (non-hydrogen) atoms. The van der Waals surface area contributed by atoms with Gasteiger partial charge in [-0.2, -0.15) is 0 Å². The first kappa shape index (κ1) is 17.8. The zero-order valence-electron chi connectivity index (χ0n) is 14.1. The Hall–Kier alpha value is -2.99. The second kappa shape index (κ2) is 7.49. The molecule has 7 heteroatoms. The highest BCUT2D eigenvalue weighted by molar-refractivity contribution is 6.31. The summed E-state index contributed by atoms with van der Waals surface area (Å²) < 4.78 is 20.8. The molecular weight excluding hydrogens is 360 g/mol. The van der Waals surface area contributed by atoms with E-state index in [-0.39, 0.29) is 12.2 Å². The normalized spacial score (nSPS) is 10.6. The lowest BCUT2D eigenvalue weighted by Crippen LogP contribution is -2.09. The highest BCUT2D eigenvalue weighted by Gasteiger charge is 2.16. The summed E-state index contributed by atoms with van der Waals surface area (Å²) in [7, 11) is 2.96. The van der Waals surface area contributed by atoms with Crippen molar-refractivity contribution < 1.29 is 23.4 Å². The van der Waals surface area contributed by atoms with Crippen molar-refractivity contribution in [1.82, 2.24) is 0 Å². The number of carbonyl (C=O) groups excluding carboxylic acids is 1. The van der Waals surface area contributed by atoms with Crippen molar-refractivity contribution in [1.29, 1.82) is 0 Å². The quantitative estimate of drug-likeness (QED) is 0.499. The van der Waals surface area contributed by atoms with Crippen LogP contribution < -0.4 is 15.1 Å². The van der Waals surface area contributed by atoms with Crippen LogP contribution >= 0.6 is 11.6 Å². The summed E-state index contributed by atoms with van der Waals surface area (Å²) in [5.74, 6) is 0.291. The van der Waals surface area contributed by atoms with Crippen molar-refractivity contribution >= 4 is 28.5 Å². The number of esters is 1. The summed E-state index contributed by atoms with van der Waals surface area (Å²) in [6.45, 7) is -0.108. The van der Waals surface area contributed by atoms with Crippen LogP contribution in [0.1, 0.15) is 15.9 Å². The van der Waals surface area contributed by atoms with Crippen molar-refractivity contribution in [3.63, 3.8) is 0 Å². The molecule has 1 heterocycles. The van der Waals surface area contributed by atoms with Gasteiger partial charge in [0.05, 0.1) is 14.2 Å². The van der Waals surface area contributed by atoms with E-state index in [0.717, 1.165) is 0 Å². The first-order chi connectivity index (χ1) is 12.5. The Morgan fingerprint density at radius 2 is 1.88 bits per heavy atom. The van der Waals surface area contributed by atoms with E-state index in [0.29, 0.717) is 33.1 Å². The van der Waals surface area contributed by atoms with Gasteiger partial charge in [0.15, 0.2) is 0 Å². The maximum absolute atomic E-state index is 12.4. The lowest BCUT2D eigenvalue weighted by Gasteiger charge is -2.10. The number of hydrogen-bond donors (Lipinski definition) is 0. The standard InChI is InChI=1S/C19H15ClO6/c1-23-13-4-5-14-11(7-18(21)26-17(14)9-13)10-25-19(22)15-8-12(20)3-6-16(15)24-2/h3-9H,10H2,1-2H3. The van der Waals surface area contributed by atoms with Gasteiger partial charge in [0.2, 0.25) is 0 Å². The summed E-state index contributed by atoms with van der Waals surface area (Å²) in [6.07, 6.45) is 0. The van der Waals surface area contributed by atoms with E-state index < -0.39 is 11.6 Å². The molecule has 2 aromatic carbocycles. The second-order valence-corrected chi connectivity index (χ2v) is 5.81. The Labute approximate surface area is 153 Å². The highest BCUT2D eigenvalue weighted by atomic mass is 35.5. The molecule has 6 nitrogen and oxygen atoms in total. The van der Waals surface area contributed by atoms with Gasteiger partial charge in [-0.25, -0.2) is 9.59 Å². The summed E-state index contributed by atoms with van der Waals surface area (Å²) in [4.78, 5) is 24.2. The Bertz CT molecular complexity index is 1020. The van der Waals surface area contributed by atoms with E-state index in [1.54, 1.807) is 30.3 Å². The molecule has 0 spiro atoms. The van der Waals surface area contributed by atoms with Gasteiger partial charge >= 0.3 is 11.6 Å². The van der Waals surface area contributed by atoms with Crippen molar-refractivity contribution in [3.05, 3.63) is 69.0 Å². The molecule has 0 aliphatic heterocycles. The third kappa shape index (κ3) is 3.65. The molecule has 0 radical (unpaired) electrons. The molecular formula is C19H15ClO6. The average Bonchev–Trinajstić information content (AvgIpc) is 2.65. The molecule has 0 saturated heterocycles. The third-order valence-corrected chi connectivity index (χ3v) is 4.01. The van der Waals surface area contributed by atoms with Gasteiger partial charge in [0.1, 0.15) is 29.3 Å². The zero-order valence-corrected chi connectivity index (χ0v) is 14.8. The van der Waals surface area contributed by atoms with Gasteiger partial charge in [-0.05, 0) is 30.3 Å². The Morgan fingerprint density at radius 3 is 2.62 bits per heavy atom. The van der Waals surface area contributed by atoms with Gasteiger partial charge in [-0.1, -0.05) is 11.6 Å². The van der Waals surface area contributed by atoms with Crippen LogP contribution in [0.5, 0.6) is 11.5 Å². The monoisotopic (exact) mass is 374 g/mol. The molecule has 0 amide bonds. The first-order valence-corrected chi connectivity index (χ1v) is 8.01. The van der Waals surface area contributed by atoms with Gasteiger partial charge < -0.3 is 18.6 Å². The zero-order chi connectivity index (χ0) is 18.7. The van der Waals surface area contributed by atoms with E-state index in [2.05, 4.69) is 0 Å². The van der Waals surface area contributed by atoms with E-state index in [1.165, 1.54) is 26.4 Å². The van der Waals surface area contributed by atoms with Gasteiger partial charge in [-0.3, -0.25) is 0 Å². The second-order valence-electron chi connectivity index (χ2n) is 5.37. The maximum Gasteiger partial charge on any atom is 0.342 e.